The van der Waals surface area contributed by atoms with Crippen molar-refractivity contribution in [1.29, 1.82) is 5.26 Å². The molecule has 0 radical (unpaired) electrons. The fourth-order valence-corrected chi connectivity index (χ4v) is 8.45. The van der Waals surface area contributed by atoms with Crippen LogP contribution in [0.25, 0.3) is 65.4 Å². The van der Waals surface area contributed by atoms with Gasteiger partial charge in [0.05, 0.1) is 89.4 Å². The number of hydrogen-bond acceptors (Lipinski definition) is 9. The van der Waals surface area contributed by atoms with Crippen LogP contribution in [-0.2, 0) is 19.5 Å². The van der Waals surface area contributed by atoms with Gasteiger partial charge in [-0.15, -0.1) is 0 Å². The van der Waals surface area contributed by atoms with Crippen molar-refractivity contribution in [1.82, 2.24) is 29.9 Å². The molecule has 0 aliphatic heterocycles. The topological polar surface area (TPSA) is 336 Å². The largest absolute Gasteiger partial charge is 2.00 e. The van der Waals surface area contributed by atoms with Gasteiger partial charge in [-0.1, -0.05) is 200 Å². The smallest absolute Gasteiger partial charge is 0.870 e. The molecule has 0 fully saturated rings. The number of benzene rings is 5. The minimum atomic E-state index is -0.613. The second kappa shape index (κ2) is 34.6. The predicted octanol–water partition coefficient (Wildman–Crippen LogP) is 12.0. The van der Waals surface area contributed by atoms with Gasteiger partial charge in [0, 0.05) is 76.4 Å². The van der Waals surface area contributed by atoms with Crippen LogP contribution in [0.5, 0.6) is 11.5 Å². The van der Waals surface area contributed by atoms with Crippen LogP contribution >= 0.6 is 116 Å². The van der Waals surface area contributed by atoms with Crippen LogP contribution < -0.4 is 10.2 Å². The second-order valence-electron chi connectivity index (χ2n) is 13.7. The van der Waals surface area contributed by atoms with Crippen LogP contribution in [0.2, 0.25) is 50.2 Å². The van der Waals surface area contributed by atoms with E-state index in [-0.39, 0.29) is 103 Å². The van der Waals surface area contributed by atoms with Crippen molar-refractivity contribution < 1.29 is 62.5 Å². The Morgan fingerprint density at radius 2 is 0.434 bits per heavy atom. The first-order valence-corrected chi connectivity index (χ1v) is 23.4. The SMILES string of the molecule is CC#N.O.O.O.O.O.O.[O-]c1c(Cl)c(Cl)c(Cl)c(Cl)c1Cl.[O-]c1c(Cl)c(Cl)c(Cl)c(Cl)c1Cl.[Ru+2].c1cnc2c(c1)ccc1cccnc12.c1cnc2c(c1)ccc1cccnc12.c1cnc2c(c1)ccc1cccnc12. The van der Waals surface area contributed by atoms with E-state index in [1.165, 1.54) is 6.92 Å². The molecule has 76 heavy (non-hydrogen) atoms. The van der Waals surface area contributed by atoms with Crippen LogP contribution in [0.15, 0.2) is 146 Å². The number of halogens is 10. The van der Waals surface area contributed by atoms with Crippen molar-refractivity contribution in [2.45, 2.75) is 6.92 Å². The Balaban J connectivity index is 0. The summed E-state index contributed by atoms with van der Waals surface area (Å²) in [7, 11) is 0. The Morgan fingerprint density at radius 3 is 0.579 bits per heavy atom. The van der Waals surface area contributed by atoms with E-state index in [1.807, 2.05) is 36.4 Å². The number of aromatic nitrogens is 6. The molecule has 400 valence electrons. The van der Waals surface area contributed by atoms with Gasteiger partial charge in [0.25, 0.3) is 0 Å². The summed E-state index contributed by atoms with van der Waals surface area (Å²) in [5.74, 6) is -1.23. The van der Waals surface area contributed by atoms with Crippen LogP contribution in [-0.4, -0.2) is 62.8 Å². The summed E-state index contributed by atoms with van der Waals surface area (Å²) < 4.78 is 0. The minimum Gasteiger partial charge on any atom is -0.870 e. The molecule has 11 aromatic rings. The van der Waals surface area contributed by atoms with E-state index in [4.69, 9.17) is 121 Å². The van der Waals surface area contributed by atoms with Gasteiger partial charge in [-0.3, -0.25) is 29.9 Å². The summed E-state index contributed by atoms with van der Waals surface area (Å²) in [6.45, 7) is 1.43. The molecular formula is C50H39Cl10N7O8Ru. The Kier molecular flexibility index (Phi) is 33.3. The standard InChI is InChI=1S/3C12H8N2.2C6HCl5O.C2H3N.6H2O.Ru/c3*1-3-9-5-6-10-4-2-8-14-12(10)11(9)13-7-1;2*7-1-2(8)4(10)6(12)5(11)3(1)9;1-2-3;;;;;;;/h3*1-8H;2*12H;1H3;6*1H2;/q;;;;;;;;;;;;+2/p-2. The number of hydrogen-bond donors (Lipinski definition) is 0. The second-order valence-corrected chi connectivity index (χ2v) is 17.4. The Bertz CT molecular complexity index is 3000. The fraction of sp³-hybridized carbons (Fsp3) is 0.0200. The average molecular weight is 1320 g/mol. The Morgan fingerprint density at radius 1 is 0.303 bits per heavy atom. The molecular weight excluding hydrogens is 1280 g/mol. The third kappa shape index (κ3) is 17.2. The number of nitriles is 1. The first-order valence-electron chi connectivity index (χ1n) is 19.6. The molecule has 0 aliphatic rings. The van der Waals surface area contributed by atoms with Gasteiger partial charge < -0.3 is 43.1 Å². The molecule has 5 aromatic carbocycles. The van der Waals surface area contributed by atoms with Crippen molar-refractivity contribution in [2.75, 3.05) is 0 Å². The summed E-state index contributed by atoms with van der Waals surface area (Å²) in [5, 5.41) is 35.1. The molecule has 0 unspecified atom stereocenters. The number of nitrogens with zero attached hydrogens (tertiary/aromatic N) is 7. The van der Waals surface area contributed by atoms with Crippen molar-refractivity contribution in [3.05, 3.63) is 197 Å². The quantitative estimate of drug-likeness (QED) is 0.0602. The van der Waals surface area contributed by atoms with E-state index >= 15 is 0 Å². The fourth-order valence-electron chi connectivity index (χ4n) is 6.21. The number of pyridine rings is 6. The van der Waals surface area contributed by atoms with Crippen molar-refractivity contribution >= 4 is 181 Å². The first-order chi connectivity index (χ1) is 33.2. The summed E-state index contributed by atoms with van der Waals surface area (Å²) in [5.41, 5.74) is 5.86. The summed E-state index contributed by atoms with van der Waals surface area (Å²) in [6, 6.07) is 38.2. The first kappa shape index (κ1) is 73.0. The van der Waals surface area contributed by atoms with E-state index in [2.05, 4.69) is 103 Å². The molecule has 26 heteroatoms. The maximum Gasteiger partial charge on any atom is 2.00 e. The van der Waals surface area contributed by atoms with Crippen molar-refractivity contribution in [3.63, 3.8) is 0 Å². The average Bonchev–Trinajstić information content (AvgIpc) is 3.40. The van der Waals surface area contributed by atoms with Crippen LogP contribution in [0.4, 0.5) is 0 Å². The molecule has 15 nitrogen and oxygen atoms in total. The minimum absolute atomic E-state index is 0. The van der Waals surface area contributed by atoms with Gasteiger partial charge in [-0.2, -0.15) is 5.26 Å². The molecule has 0 amide bonds. The molecule has 0 saturated heterocycles. The number of rotatable bonds is 0. The zero-order chi connectivity index (χ0) is 49.8. The van der Waals surface area contributed by atoms with E-state index in [9.17, 15) is 10.2 Å². The summed E-state index contributed by atoms with van der Waals surface area (Å²) >= 11 is 55.3. The normalized spacial score (nSPS) is 9.39. The molecule has 0 aliphatic carbocycles. The van der Waals surface area contributed by atoms with Crippen LogP contribution in [0, 0.1) is 11.3 Å². The van der Waals surface area contributed by atoms with E-state index in [0.717, 1.165) is 65.4 Å². The van der Waals surface area contributed by atoms with Gasteiger partial charge in [-0.05, 0) is 36.4 Å². The Labute approximate surface area is 496 Å². The van der Waals surface area contributed by atoms with E-state index < -0.39 is 11.5 Å². The molecule has 0 bridgehead atoms. The molecule has 0 spiro atoms. The van der Waals surface area contributed by atoms with Crippen molar-refractivity contribution in [3.8, 4) is 17.6 Å². The molecule has 12 N–H and O–H groups in total. The zero-order valence-corrected chi connectivity index (χ0v) is 47.7. The Hall–Kier alpha value is -5.07. The maximum atomic E-state index is 11.1. The van der Waals surface area contributed by atoms with E-state index in [0.29, 0.717) is 0 Å². The van der Waals surface area contributed by atoms with Gasteiger partial charge >= 0.3 is 19.5 Å². The molecule has 11 rings (SSSR count). The predicted molar refractivity (Wildman–Crippen MR) is 306 cm³/mol. The summed E-state index contributed by atoms with van der Waals surface area (Å²) in [4.78, 5) is 26.1. The van der Waals surface area contributed by atoms with Crippen LogP contribution in [0.3, 0.4) is 0 Å². The van der Waals surface area contributed by atoms with E-state index in [1.54, 1.807) is 43.3 Å². The van der Waals surface area contributed by atoms with Crippen molar-refractivity contribution in [2.24, 2.45) is 0 Å². The molecule has 6 heterocycles. The third-order valence-corrected chi connectivity index (χ3v) is 13.9. The molecule has 6 aromatic heterocycles. The molecule has 0 atom stereocenters. The third-order valence-electron chi connectivity index (χ3n) is 9.37. The summed E-state index contributed by atoms with van der Waals surface area (Å²) in [6.07, 6.45) is 10.8. The maximum absolute atomic E-state index is 11.1. The number of fused-ring (bicyclic) bond motifs is 9. The monoisotopic (exact) mass is 1320 g/mol. The molecule has 0 saturated carbocycles. The van der Waals surface area contributed by atoms with Gasteiger partial charge in [-0.25, -0.2) is 0 Å². The van der Waals surface area contributed by atoms with Gasteiger partial charge in [0.15, 0.2) is 0 Å². The zero-order valence-electron chi connectivity index (χ0n) is 38.4. The van der Waals surface area contributed by atoms with Gasteiger partial charge in [0.2, 0.25) is 0 Å². The van der Waals surface area contributed by atoms with Gasteiger partial charge in [0.1, 0.15) is 0 Å². The van der Waals surface area contributed by atoms with Crippen LogP contribution in [0.1, 0.15) is 6.92 Å².